The van der Waals surface area contributed by atoms with Crippen LogP contribution in [-0.4, -0.2) is 35.3 Å². The number of rotatable bonds is 4. The number of hydrogen-bond donors (Lipinski definition) is 1. The van der Waals surface area contributed by atoms with E-state index in [0.717, 1.165) is 12.8 Å². The molecule has 92 valence electrons. The Balaban J connectivity index is 2.85. The fraction of sp³-hybridized carbons (Fsp3) is 0.833. The second kappa shape index (κ2) is 5.32. The average Bonchev–Trinajstić information content (AvgIpc) is 2.22. The van der Waals surface area contributed by atoms with Gasteiger partial charge in [-0.2, -0.15) is 0 Å². The van der Waals surface area contributed by atoms with Gasteiger partial charge in [-0.3, -0.25) is 9.59 Å². The maximum absolute atomic E-state index is 11.8. The van der Waals surface area contributed by atoms with Crippen LogP contribution in [0.25, 0.3) is 0 Å². The van der Waals surface area contributed by atoms with Crippen LogP contribution in [0.2, 0.25) is 0 Å². The van der Waals surface area contributed by atoms with E-state index in [1.807, 2.05) is 13.8 Å². The third-order valence-electron chi connectivity index (χ3n) is 3.10. The third kappa shape index (κ3) is 2.74. The van der Waals surface area contributed by atoms with E-state index in [1.54, 1.807) is 4.90 Å². The first-order chi connectivity index (χ1) is 7.47. The zero-order valence-corrected chi connectivity index (χ0v) is 10.6. The van der Waals surface area contributed by atoms with Gasteiger partial charge in [-0.05, 0) is 25.7 Å². The van der Waals surface area contributed by atoms with Crippen molar-refractivity contribution in [2.45, 2.75) is 52.6 Å². The molecule has 0 aromatic rings. The van der Waals surface area contributed by atoms with Crippen LogP contribution in [0.3, 0.4) is 0 Å². The van der Waals surface area contributed by atoms with E-state index in [1.165, 1.54) is 0 Å². The molecule has 1 saturated heterocycles. The van der Waals surface area contributed by atoms with Gasteiger partial charge < -0.3 is 10.2 Å². The molecule has 1 aliphatic heterocycles. The smallest absolute Gasteiger partial charge is 0.243 e. The second-order valence-corrected chi connectivity index (χ2v) is 4.92. The maximum Gasteiger partial charge on any atom is 0.243 e. The standard InChI is InChI=1S/C12H22N2O2/c1-5-9(4)14-10(6-8(2)3)12(16)13-7-11(14)15/h8-10H,5-7H2,1-4H3,(H,13,16). The molecule has 4 heteroatoms. The van der Waals surface area contributed by atoms with E-state index in [9.17, 15) is 9.59 Å². The average molecular weight is 226 g/mol. The van der Waals surface area contributed by atoms with E-state index in [0.29, 0.717) is 5.92 Å². The first-order valence-electron chi connectivity index (χ1n) is 6.06. The van der Waals surface area contributed by atoms with Crippen molar-refractivity contribution in [3.05, 3.63) is 0 Å². The number of nitrogens with one attached hydrogen (secondary N) is 1. The summed E-state index contributed by atoms with van der Waals surface area (Å²) >= 11 is 0. The number of nitrogens with zero attached hydrogens (tertiary/aromatic N) is 1. The van der Waals surface area contributed by atoms with Crippen LogP contribution in [0.5, 0.6) is 0 Å². The lowest BCUT2D eigenvalue weighted by atomic mass is 9.98. The first-order valence-corrected chi connectivity index (χ1v) is 6.06. The monoisotopic (exact) mass is 226 g/mol. The largest absolute Gasteiger partial charge is 0.345 e. The van der Waals surface area contributed by atoms with Gasteiger partial charge in [-0.25, -0.2) is 0 Å². The lowest BCUT2D eigenvalue weighted by molar-refractivity contribution is -0.148. The minimum atomic E-state index is -0.281. The summed E-state index contributed by atoms with van der Waals surface area (Å²) in [5, 5.41) is 2.67. The van der Waals surface area contributed by atoms with E-state index < -0.39 is 0 Å². The zero-order chi connectivity index (χ0) is 12.3. The highest BCUT2D eigenvalue weighted by Crippen LogP contribution is 2.19. The van der Waals surface area contributed by atoms with E-state index >= 15 is 0 Å². The minimum absolute atomic E-state index is 0.00593. The SMILES string of the molecule is CCC(C)N1C(=O)CNC(=O)C1CC(C)C. The van der Waals surface area contributed by atoms with Crippen molar-refractivity contribution in [1.82, 2.24) is 10.2 Å². The molecule has 0 saturated carbocycles. The molecule has 0 radical (unpaired) electrons. The zero-order valence-electron chi connectivity index (χ0n) is 10.6. The number of hydrogen-bond acceptors (Lipinski definition) is 2. The van der Waals surface area contributed by atoms with Crippen molar-refractivity contribution < 1.29 is 9.59 Å². The molecule has 16 heavy (non-hydrogen) atoms. The van der Waals surface area contributed by atoms with E-state index in [-0.39, 0.29) is 30.4 Å². The van der Waals surface area contributed by atoms with Crippen molar-refractivity contribution in [3.63, 3.8) is 0 Å². The van der Waals surface area contributed by atoms with E-state index in [4.69, 9.17) is 0 Å². The highest BCUT2D eigenvalue weighted by Gasteiger charge is 2.36. The normalized spacial score (nSPS) is 23.6. The lowest BCUT2D eigenvalue weighted by Crippen LogP contribution is -2.61. The summed E-state index contributed by atoms with van der Waals surface area (Å²) in [5.41, 5.74) is 0. The van der Waals surface area contributed by atoms with Gasteiger partial charge in [0.15, 0.2) is 0 Å². The number of piperazine rings is 1. The quantitative estimate of drug-likeness (QED) is 0.782. The van der Waals surface area contributed by atoms with Gasteiger partial charge in [0, 0.05) is 6.04 Å². The molecule has 0 aromatic carbocycles. The molecule has 1 fully saturated rings. The molecule has 1 N–H and O–H groups in total. The summed E-state index contributed by atoms with van der Waals surface area (Å²) in [5.74, 6) is 0.446. The molecule has 1 rings (SSSR count). The molecule has 0 aromatic heterocycles. The lowest BCUT2D eigenvalue weighted by Gasteiger charge is -2.39. The minimum Gasteiger partial charge on any atom is -0.345 e. The molecule has 2 amide bonds. The number of carbonyl (C=O) groups is 2. The molecule has 1 aliphatic rings. The summed E-state index contributed by atoms with van der Waals surface area (Å²) < 4.78 is 0. The van der Waals surface area contributed by atoms with Gasteiger partial charge in [0.05, 0.1) is 6.54 Å². The van der Waals surface area contributed by atoms with Crippen molar-refractivity contribution in [3.8, 4) is 0 Å². The Labute approximate surface area is 97.4 Å². The predicted octanol–water partition coefficient (Wildman–Crippen LogP) is 1.16. The molecule has 2 atom stereocenters. The first kappa shape index (κ1) is 13.0. The molecule has 2 unspecified atom stereocenters. The van der Waals surface area contributed by atoms with Crippen LogP contribution in [0.1, 0.15) is 40.5 Å². The fourth-order valence-corrected chi connectivity index (χ4v) is 2.09. The van der Waals surface area contributed by atoms with Gasteiger partial charge in [0.2, 0.25) is 11.8 Å². The van der Waals surface area contributed by atoms with Gasteiger partial charge >= 0.3 is 0 Å². The Morgan fingerprint density at radius 2 is 2.00 bits per heavy atom. The summed E-state index contributed by atoms with van der Waals surface area (Å²) in [6.07, 6.45) is 1.62. The predicted molar refractivity (Wildman–Crippen MR) is 62.9 cm³/mol. The highest BCUT2D eigenvalue weighted by atomic mass is 16.2. The molecule has 0 spiro atoms. The van der Waals surface area contributed by atoms with Gasteiger partial charge in [0.25, 0.3) is 0 Å². The van der Waals surface area contributed by atoms with Crippen molar-refractivity contribution in [2.24, 2.45) is 5.92 Å². The second-order valence-electron chi connectivity index (χ2n) is 4.92. The maximum atomic E-state index is 11.8. The molecular formula is C12H22N2O2. The Morgan fingerprint density at radius 3 is 2.50 bits per heavy atom. The Morgan fingerprint density at radius 1 is 1.38 bits per heavy atom. The molecule has 0 bridgehead atoms. The third-order valence-corrected chi connectivity index (χ3v) is 3.10. The van der Waals surface area contributed by atoms with Crippen molar-refractivity contribution >= 4 is 11.8 Å². The summed E-state index contributed by atoms with van der Waals surface area (Å²) in [7, 11) is 0. The fourth-order valence-electron chi connectivity index (χ4n) is 2.09. The molecule has 4 nitrogen and oxygen atoms in total. The van der Waals surface area contributed by atoms with E-state index in [2.05, 4.69) is 19.2 Å². The molecule has 1 heterocycles. The summed E-state index contributed by atoms with van der Waals surface area (Å²) in [6, 6.07) is -0.140. The summed E-state index contributed by atoms with van der Waals surface area (Å²) in [6.45, 7) is 8.33. The molecule has 0 aliphatic carbocycles. The molecular weight excluding hydrogens is 204 g/mol. The van der Waals surface area contributed by atoms with Crippen LogP contribution >= 0.6 is 0 Å². The van der Waals surface area contributed by atoms with Crippen molar-refractivity contribution in [2.75, 3.05) is 6.54 Å². The Hall–Kier alpha value is -1.06. The topological polar surface area (TPSA) is 49.4 Å². The highest BCUT2D eigenvalue weighted by molar-refractivity contribution is 5.94. The van der Waals surface area contributed by atoms with Crippen molar-refractivity contribution in [1.29, 1.82) is 0 Å². The summed E-state index contributed by atoms with van der Waals surface area (Å²) in [4.78, 5) is 25.4. The van der Waals surface area contributed by atoms with Crippen LogP contribution in [0.15, 0.2) is 0 Å². The van der Waals surface area contributed by atoms with Gasteiger partial charge in [-0.1, -0.05) is 20.8 Å². The van der Waals surface area contributed by atoms with Crippen LogP contribution in [0.4, 0.5) is 0 Å². The Kier molecular flexibility index (Phi) is 4.33. The van der Waals surface area contributed by atoms with Gasteiger partial charge in [0.1, 0.15) is 6.04 Å². The van der Waals surface area contributed by atoms with Crippen LogP contribution in [0, 0.1) is 5.92 Å². The number of carbonyl (C=O) groups excluding carboxylic acids is 2. The van der Waals surface area contributed by atoms with Gasteiger partial charge in [-0.15, -0.1) is 0 Å². The van der Waals surface area contributed by atoms with Crippen LogP contribution < -0.4 is 5.32 Å². The number of amides is 2. The van der Waals surface area contributed by atoms with Crippen LogP contribution in [-0.2, 0) is 9.59 Å². The Bertz CT molecular complexity index is 276.